The average Bonchev–Trinajstić information content (AvgIpc) is 2.22. The van der Waals surface area contributed by atoms with E-state index in [-0.39, 0.29) is 27.8 Å². The van der Waals surface area contributed by atoms with Crippen LogP contribution in [0, 0.1) is 22.9 Å². The van der Waals surface area contributed by atoms with Crippen LogP contribution in [0.2, 0.25) is 0 Å². The highest BCUT2D eigenvalue weighted by Gasteiger charge is 2.21. The van der Waals surface area contributed by atoms with E-state index in [0.29, 0.717) is 0 Å². The molecule has 8 heteroatoms. The fourth-order valence-electron chi connectivity index (χ4n) is 1.32. The van der Waals surface area contributed by atoms with Crippen LogP contribution in [0.3, 0.4) is 0 Å². The van der Waals surface area contributed by atoms with Gasteiger partial charge in [-0.2, -0.15) is 0 Å². The highest BCUT2D eigenvalue weighted by molar-refractivity contribution is 9.10. The fraction of sp³-hybridized carbons (Fsp3) is 0.222. The number of carboxylic acid groups (broad SMARTS) is 1. The third-order valence-corrected chi connectivity index (χ3v) is 2.77. The monoisotopic (exact) mass is 306 g/mol. The molecule has 0 bridgehead atoms. The summed E-state index contributed by atoms with van der Waals surface area (Å²) in [6.07, 6.45) is -1.33. The lowest BCUT2D eigenvalue weighted by atomic mass is 10.1. The Morgan fingerprint density at radius 1 is 1.71 bits per heavy atom. The minimum atomic E-state index is -1.33. The number of nitrogens with zero attached hydrogens (tertiary/aromatic N) is 1. The zero-order valence-corrected chi connectivity index (χ0v) is 10.2. The van der Waals surface area contributed by atoms with Crippen LogP contribution in [0.5, 0.6) is 0 Å². The van der Waals surface area contributed by atoms with Gasteiger partial charge in [0.25, 0.3) is 5.69 Å². The van der Waals surface area contributed by atoms with Crippen molar-refractivity contribution in [3.05, 3.63) is 37.6 Å². The molecule has 2 N–H and O–H groups in total. The van der Waals surface area contributed by atoms with Crippen LogP contribution in [-0.2, 0) is 6.54 Å². The van der Waals surface area contributed by atoms with E-state index in [1.54, 1.807) is 0 Å². The molecule has 0 atom stereocenters. The molecule has 0 aromatic heterocycles. The Labute approximate surface area is 104 Å². The van der Waals surface area contributed by atoms with Crippen LogP contribution in [0.4, 0.5) is 14.9 Å². The summed E-state index contributed by atoms with van der Waals surface area (Å²) < 4.78 is 13.6. The van der Waals surface area contributed by atoms with Gasteiger partial charge in [0.05, 0.1) is 9.40 Å². The summed E-state index contributed by atoms with van der Waals surface area (Å²) in [5.74, 6) is -0.707. The predicted octanol–water partition coefficient (Wildman–Crippen LogP) is 2.57. The average molecular weight is 307 g/mol. The first-order valence-electron chi connectivity index (χ1n) is 4.43. The quantitative estimate of drug-likeness (QED) is 0.663. The van der Waals surface area contributed by atoms with Crippen molar-refractivity contribution in [1.29, 1.82) is 0 Å². The summed E-state index contributed by atoms with van der Waals surface area (Å²) in [5.41, 5.74) is -0.210. The minimum Gasteiger partial charge on any atom is -0.465 e. The van der Waals surface area contributed by atoms with Gasteiger partial charge in [-0.05, 0) is 22.9 Å². The van der Waals surface area contributed by atoms with E-state index in [0.717, 1.165) is 6.07 Å². The molecule has 0 fully saturated rings. The van der Waals surface area contributed by atoms with Gasteiger partial charge in [-0.1, -0.05) is 0 Å². The molecule has 92 valence electrons. The van der Waals surface area contributed by atoms with Crippen molar-refractivity contribution in [3.63, 3.8) is 0 Å². The molecule has 0 aliphatic heterocycles. The number of nitro groups is 1. The van der Waals surface area contributed by atoms with E-state index in [4.69, 9.17) is 5.11 Å². The molecular weight excluding hydrogens is 299 g/mol. The van der Waals surface area contributed by atoms with Gasteiger partial charge in [0.2, 0.25) is 0 Å². The Kier molecular flexibility index (Phi) is 4.00. The normalized spacial score (nSPS) is 10.1. The Morgan fingerprint density at radius 3 is 2.76 bits per heavy atom. The first-order valence-corrected chi connectivity index (χ1v) is 5.22. The smallest absolute Gasteiger partial charge is 0.404 e. The fourth-order valence-corrected chi connectivity index (χ4v) is 1.77. The summed E-state index contributed by atoms with van der Waals surface area (Å²) in [5, 5.41) is 21.1. The predicted molar refractivity (Wildman–Crippen MR) is 60.4 cm³/mol. The van der Waals surface area contributed by atoms with Crippen molar-refractivity contribution in [1.82, 2.24) is 5.32 Å². The van der Waals surface area contributed by atoms with E-state index >= 15 is 0 Å². The molecule has 0 unspecified atom stereocenters. The maximum absolute atomic E-state index is 13.7. The standard InChI is InChI=1S/C9H8BrFN2O4/c1-4-5(3-12-9(14)15)8(11)6(10)2-7(4)13(16)17/h2,12H,3H2,1H3,(H,14,15). The Bertz CT molecular complexity index is 492. The van der Waals surface area contributed by atoms with Crippen LogP contribution < -0.4 is 5.32 Å². The molecule has 0 spiro atoms. The van der Waals surface area contributed by atoms with Crippen molar-refractivity contribution in [2.75, 3.05) is 0 Å². The number of carbonyl (C=O) groups is 1. The minimum absolute atomic E-state index is 0.0477. The van der Waals surface area contributed by atoms with E-state index < -0.39 is 16.8 Å². The second-order valence-corrected chi connectivity index (χ2v) is 4.07. The van der Waals surface area contributed by atoms with Crippen LogP contribution in [0.15, 0.2) is 10.5 Å². The van der Waals surface area contributed by atoms with E-state index in [1.165, 1.54) is 6.92 Å². The number of halogens is 2. The van der Waals surface area contributed by atoms with Crippen LogP contribution >= 0.6 is 15.9 Å². The molecule has 1 aromatic rings. The SMILES string of the molecule is Cc1c([N+](=O)[O-])cc(Br)c(F)c1CNC(=O)O. The second-order valence-electron chi connectivity index (χ2n) is 3.21. The largest absolute Gasteiger partial charge is 0.465 e. The zero-order chi connectivity index (χ0) is 13.2. The van der Waals surface area contributed by atoms with Crippen molar-refractivity contribution >= 4 is 27.7 Å². The van der Waals surface area contributed by atoms with E-state index in [9.17, 15) is 19.3 Å². The zero-order valence-electron chi connectivity index (χ0n) is 8.66. The topological polar surface area (TPSA) is 92.5 Å². The molecule has 1 aromatic carbocycles. The lowest BCUT2D eigenvalue weighted by molar-refractivity contribution is -0.385. The Hall–Kier alpha value is -1.70. The number of hydrogen-bond donors (Lipinski definition) is 2. The van der Waals surface area contributed by atoms with Gasteiger partial charge in [-0.15, -0.1) is 0 Å². The number of rotatable bonds is 3. The molecule has 17 heavy (non-hydrogen) atoms. The molecule has 0 radical (unpaired) electrons. The summed E-state index contributed by atoms with van der Waals surface area (Å²) >= 11 is 2.85. The number of amides is 1. The first kappa shape index (κ1) is 13.4. The third-order valence-electron chi connectivity index (χ3n) is 2.19. The lowest BCUT2D eigenvalue weighted by Gasteiger charge is -2.09. The van der Waals surface area contributed by atoms with Gasteiger partial charge in [0.15, 0.2) is 0 Å². The summed E-state index contributed by atoms with van der Waals surface area (Å²) in [4.78, 5) is 20.4. The second kappa shape index (κ2) is 5.09. The first-order chi connectivity index (χ1) is 7.84. The maximum Gasteiger partial charge on any atom is 0.404 e. The van der Waals surface area contributed by atoms with Gasteiger partial charge in [0, 0.05) is 23.7 Å². The molecule has 0 heterocycles. The molecular formula is C9H8BrFN2O4. The number of hydrogen-bond acceptors (Lipinski definition) is 3. The van der Waals surface area contributed by atoms with Gasteiger partial charge >= 0.3 is 6.09 Å². The van der Waals surface area contributed by atoms with E-state index in [2.05, 4.69) is 15.9 Å². The number of nitro benzene ring substituents is 1. The van der Waals surface area contributed by atoms with Crippen LogP contribution in [0.25, 0.3) is 0 Å². The molecule has 0 aliphatic carbocycles. The molecule has 0 saturated heterocycles. The summed E-state index contributed by atoms with van der Waals surface area (Å²) in [7, 11) is 0. The van der Waals surface area contributed by atoms with Crippen LogP contribution in [0.1, 0.15) is 11.1 Å². The lowest BCUT2D eigenvalue weighted by Crippen LogP contribution is -2.21. The van der Waals surface area contributed by atoms with Crippen LogP contribution in [-0.4, -0.2) is 16.1 Å². The summed E-state index contributed by atoms with van der Waals surface area (Å²) in [6.45, 7) is 1.04. The van der Waals surface area contributed by atoms with Gasteiger partial charge in [-0.25, -0.2) is 9.18 Å². The van der Waals surface area contributed by atoms with Gasteiger partial charge < -0.3 is 10.4 Å². The Morgan fingerprint density at radius 2 is 2.29 bits per heavy atom. The van der Waals surface area contributed by atoms with Crippen molar-refractivity contribution in [2.45, 2.75) is 13.5 Å². The highest BCUT2D eigenvalue weighted by atomic mass is 79.9. The third kappa shape index (κ3) is 2.90. The number of nitrogens with one attached hydrogen (secondary N) is 1. The van der Waals surface area contributed by atoms with E-state index in [1.807, 2.05) is 5.32 Å². The summed E-state index contributed by atoms with van der Waals surface area (Å²) in [6, 6.07) is 1.05. The molecule has 1 amide bonds. The van der Waals surface area contributed by atoms with Crippen molar-refractivity contribution in [3.8, 4) is 0 Å². The van der Waals surface area contributed by atoms with Gasteiger partial charge in [0.1, 0.15) is 5.82 Å². The maximum atomic E-state index is 13.7. The molecule has 1 rings (SSSR count). The van der Waals surface area contributed by atoms with Crippen molar-refractivity contribution in [2.24, 2.45) is 0 Å². The van der Waals surface area contributed by atoms with Gasteiger partial charge in [-0.3, -0.25) is 10.1 Å². The molecule has 0 aliphatic rings. The molecule has 6 nitrogen and oxygen atoms in total. The Balaban J connectivity index is 3.26. The highest BCUT2D eigenvalue weighted by Crippen LogP contribution is 2.30. The number of benzene rings is 1. The van der Waals surface area contributed by atoms with Crippen molar-refractivity contribution < 1.29 is 19.2 Å². The molecule has 0 saturated carbocycles.